The first kappa shape index (κ1) is 17.1. The normalized spacial score (nSPS) is 21.0. The zero-order valence-corrected chi connectivity index (χ0v) is 15.3. The highest BCUT2D eigenvalue weighted by molar-refractivity contribution is 5.89. The molecule has 0 spiro atoms. The van der Waals surface area contributed by atoms with E-state index in [0.29, 0.717) is 32.1 Å². The maximum absolute atomic E-state index is 12.5. The van der Waals surface area contributed by atoms with E-state index in [0.717, 1.165) is 29.7 Å². The van der Waals surface area contributed by atoms with Gasteiger partial charge in [0.05, 0.1) is 17.0 Å². The van der Waals surface area contributed by atoms with Gasteiger partial charge in [-0.3, -0.25) is 9.59 Å². The molecule has 0 unspecified atom stereocenters. The second-order valence-electron chi connectivity index (χ2n) is 7.48. The third kappa shape index (κ3) is 3.20. The Balaban J connectivity index is 1.33. The van der Waals surface area contributed by atoms with Crippen molar-refractivity contribution in [2.75, 3.05) is 13.1 Å². The summed E-state index contributed by atoms with van der Waals surface area (Å²) in [5.74, 6) is 0.891. The second kappa shape index (κ2) is 7.09. The summed E-state index contributed by atoms with van der Waals surface area (Å²) < 4.78 is 2.13. The molecule has 2 amide bonds. The van der Waals surface area contributed by atoms with Crippen LogP contribution >= 0.6 is 0 Å². The van der Waals surface area contributed by atoms with E-state index in [1.54, 1.807) is 0 Å². The molecule has 1 aliphatic carbocycles. The first-order valence-corrected chi connectivity index (χ1v) is 9.62. The van der Waals surface area contributed by atoms with E-state index in [1.165, 1.54) is 12.8 Å². The highest BCUT2D eigenvalue weighted by atomic mass is 16.2. The number of imidazole rings is 1. The summed E-state index contributed by atoms with van der Waals surface area (Å²) in [4.78, 5) is 31.3. The fourth-order valence-corrected chi connectivity index (χ4v) is 4.39. The standard InChI is InChI=1S/C20H26N4O2/c1-14-22-17-8-4-5-9-18(17)23(14)11-10-21-20(26)15-12-19(25)24(13-15)16-6-2-3-7-16/h4-5,8-9,15-16H,2-3,6-7,10-13H2,1H3,(H,21,26)/t15-/m0/s1. The predicted octanol–water partition coefficient (Wildman–Crippen LogP) is 2.25. The van der Waals surface area contributed by atoms with Crippen molar-refractivity contribution in [3.63, 3.8) is 0 Å². The molecule has 0 radical (unpaired) electrons. The molecule has 6 heteroatoms. The lowest BCUT2D eigenvalue weighted by Crippen LogP contribution is -2.37. The van der Waals surface area contributed by atoms with Gasteiger partial charge in [0.25, 0.3) is 0 Å². The van der Waals surface area contributed by atoms with Crippen LogP contribution in [0.15, 0.2) is 24.3 Å². The number of carbonyl (C=O) groups excluding carboxylic acids is 2. The average molecular weight is 354 g/mol. The number of rotatable bonds is 5. The van der Waals surface area contributed by atoms with Gasteiger partial charge in [-0.05, 0) is 31.9 Å². The van der Waals surface area contributed by atoms with Crippen LogP contribution in [0.2, 0.25) is 0 Å². The van der Waals surface area contributed by atoms with E-state index in [4.69, 9.17) is 0 Å². The first-order valence-electron chi connectivity index (χ1n) is 9.62. The number of aromatic nitrogens is 2. The topological polar surface area (TPSA) is 67.2 Å². The Labute approximate surface area is 153 Å². The van der Waals surface area contributed by atoms with E-state index in [2.05, 4.69) is 14.9 Å². The minimum atomic E-state index is -0.205. The van der Waals surface area contributed by atoms with Crippen molar-refractivity contribution in [3.05, 3.63) is 30.1 Å². The maximum Gasteiger partial charge on any atom is 0.225 e. The number of nitrogens with zero attached hydrogens (tertiary/aromatic N) is 3. The smallest absolute Gasteiger partial charge is 0.225 e. The molecule has 2 aromatic rings. The first-order chi connectivity index (χ1) is 12.6. The molecule has 2 heterocycles. The summed E-state index contributed by atoms with van der Waals surface area (Å²) in [5, 5.41) is 3.02. The quantitative estimate of drug-likeness (QED) is 0.895. The molecule has 26 heavy (non-hydrogen) atoms. The van der Waals surface area contributed by atoms with E-state index in [-0.39, 0.29) is 17.7 Å². The molecular weight excluding hydrogens is 328 g/mol. The number of likely N-dealkylation sites (tertiary alicyclic amines) is 1. The number of aryl methyl sites for hydroxylation is 1. The number of amides is 2. The van der Waals surface area contributed by atoms with Gasteiger partial charge in [0, 0.05) is 32.1 Å². The molecule has 1 saturated carbocycles. The molecule has 1 N–H and O–H groups in total. The zero-order valence-electron chi connectivity index (χ0n) is 15.3. The van der Waals surface area contributed by atoms with Gasteiger partial charge in [0.2, 0.25) is 11.8 Å². The Morgan fingerprint density at radius 1 is 1.27 bits per heavy atom. The lowest BCUT2D eigenvalue weighted by Gasteiger charge is -2.23. The van der Waals surface area contributed by atoms with Crippen LogP contribution in [0.3, 0.4) is 0 Å². The number of para-hydroxylation sites is 2. The van der Waals surface area contributed by atoms with Gasteiger partial charge >= 0.3 is 0 Å². The van der Waals surface area contributed by atoms with Crippen LogP contribution in [0.25, 0.3) is 11.0 Å². The summed E-state index contributed by atoms with van der Waals surface area (Å²) in [7, 11) is 0. The molecule has 2 aliphatic rings. The van der Waals surface area contributed by atoms with Crippen molar-refractivity contribution >= 4 is 22.8 Å². The van der Waals surface area contributed by atoms with Gasteiger partial charge in [0.15, 0.2) is 0 Å². The zero-order chi connectivity index (χ0) is 18.1. The molecule has 0 bridgehead atoms. The molecule has 1 aromatic carbocycles. The van der Waals surface area contributed by atoms with Crippen LogP contribution in [0.1, 0.15) is 37.9 Å². The second-order valence-corrected chi connectivity index (χ2v) is 7.48. The number of nitrogens with one attached hydrogen (secondary N) is 1. The van der Waals surface area contributed by atoms with Gasteiger partial charge in [-0.2, -0.15) is 0 Å². The van der Waals surface area contributed by atoms with Crippen LogP contribution in [0, 0.1) is 12.8 Å². The van der Waals surface area contributed by atoms with Gasteiger partial charge < -0.3 is 14.8 Å². The fraction of sp³-hybridized carbons (Fsp3) is 0.550. The minimum absolute atomic E-state index is 0.000853. The van der Waals surface area contributed by atoms with Crippen molar-refractivity contribution in [3.8, 4) is 0 Å². The SMILES string of the molecule is Cc1nc2ccccc2n1CCNC(=O)[C@H]1CC(=O)N(C2CCCC2)C1. The number of fused-ring (bicyclic) bond motifs is 1. The Morgan fingerprint density at radius 2 is 2.04 bits per heavy atom. The van der Waals surface area contributed by atoms with Crippen molar-refractivity contribution in [1.82, 2.24) is 19.8 Å². The third-order valence-electron chi connectivity index (χ3n) is 5.77. The highest BCUT2D eigenvalue weighted by Crippen LogP contribution is 2.29. The largest absolute Gasteiger partial charge is 0.354 e. The molecular formula is C20H26N4O2. The molecule has 1 atom stereocenters. The van der Waals surface area contributed by atoms with E-state index >= 15 is 0 Å². The molecule has 1 aromatic heterocycles. The Hall–Kier alpha value is -2.37. The van der Waals surface area contributed by atoms with E-state index < -0.39 is 0 Å². The molecule has 1 aliphatic heterocycles. The number of hydrogen-bond acceptors (Lipinski definition) is 3. The molecule has 138 valence electrons. The van der Waals surface area contributed by atoms with Crippen molar-refractivity contribution in [2.45, 2.75) is 51.6 Å². The Morgan fingerprint density at radius 3 is 2.85 bits per heavy atom. The summed E-state index contributed by atoms with van der Waals surface area (Å²) in [6.45, 7) is 3.80. The lowest BCUT2D eigenvalue weighted by molar-refractivity contribution is -0.130. The summed E-state index contributed by atoms with van der Waals surface area (Å²) >= 11 is 0. The monoisotopic (exact) mass is 354 g/mol. The predicted molar refractivity (Wildman–Crippen MR) is 99.6 cm³/mol. The van der Waals surface area contributed by atoms with Gasteiger partial charge in [-0.25, -0.2) is 4.98 Å². The van der Waals surface area contributed by atoms with Crippen LogP contribution in [0.5, 0.6) is 0 Å². The van der Waals surface area contributed by atoms with Crippen LogP contribution < -0.4 is 5.32 Å². The lowest BCUT2D eigenvalue weighted by atomic mass is 10.1. The van der Waals surface area contributed by atoms with Gasteiger partial charge in [0.1, 0.15) is 5.82 Å². The summed E-state index contributed by atoms with van der Waals surface area (Å²) in [6, 6.07) is 8.39. The van der Waals surface area contributed by atoms with Crippen LogP contribution in [0.4, 0.5) is 0 Å². The van der Waals surface area contributed by atoms with Crippen molar-refractivity contribution in [1.29, 1.82) is 0 Å². The third-order valence-corrected chi connectivity index (χ3v) is 5.77. The summed E-state index contributed by atoms with van der Waals surface area (Å²) in [6.07, 6.45) is 4.93. The Bertz CT molecular complexity index is 822. The van der Waals surface area contributed by atoms with E-state index in [9.17, 15) is 9.59 Å². The fourth-order valence-electron chi connectivity index (χ4n) is 4.39. The van der Waals surface area contributed by atoms with Crippen molar-refractivity contribution < 1.29 is 9.59 Å². The van der Waals surface area contributed by atoms with Crippen LogP contribution in [-0.2, 0) is 16.1 Å². The molecule has 4 rings (SSSR count). The number of hydrogen-bond donors (Lipinski definition) is 1. The van der Waals surface area contributed by atoms with Crippen molar-refractivity contribution in [2.24, 2.45) is 5.92 Å². The number of carbonyl (C=O) groups is 2. The maximum atomic E-state index is 12.5. The van der Waals surface area contributed by atoms with E-state index in [1.807, 2.05) is 36.1 Å². The molecule has 6 nitrogen and oxygen atoms in total. The minimum Gasteiger partial charge on any atom is -0.354 e. The van der Waals surface area contributed by atoms with Gasteiger partial charge in [-0.15, -0.1) is 0 Å². The van der Waals surface area contributed by atoms with Crippen LogP contribution in [-0.4, -0.2) is 45.4 Å². The average Bonchev–Trinajstić information content (AvgIpc) is 3.34. The summed E-state index contributed by atoms with van der Waals surface area (Å²) in [5.41, 5.74) is 2.06. The van der Waals surface area contributed by atoms with Gasteiger partial charge in [-0.1, -0.05) is 25.0 Å². The molecule has 2 fully saturated rings. The number of benzene rings is 1. The highest BCUT2D eigenvalue weighted by Gasteiger charge is 2.38. The molecule has 1 saturated heterocycles. The Kier molecular flexibility index (Phi) is 4.66.